The van der Waals surface area contributed by atoms with Crippen molar-refractivity contribution < 1.29 is 14.7 Å². The largest absolute Gasteiger partial charge is 0.506 e. The molecule has 2 aromatic rings. The van der Waals surface area contributed by atoms with Crippen LogP contribution in [0.25, 0.3) is 0 Å². The number of aromatic amines is 1. The van der Waals surface area contributed by atoms with Crippen LogP contribution in [0.1, 0.15) is 58.5 Å². The second-order valence-electron chi connectivity index (χ2n) is 6.52. The predicted octanol–water partition coefficient (Wildman–Crippen LogP) is 3.20. The molecule has 1 aliphatic rings. The second kappa shape index (κ2) is 8.73. The lowest BCUT2D eigenvalue weighted by atomic mass is 9.95. The molecule has 1 aliphatic carbocycles. The maximum Gasteiger partial charge on any atom is 0.271 e. The van der Waals surface area contributed by atoms with Crippen LogP contribution < -0.4 is 10.7 Å². The first kappa shape index (κ1) is 19.0. The van der Waals surface area contributed by atoms with Crippen molar-refractivity contribution in [1.29, 1.82) is 0 Å². The number of H-pyrrole nitrogens is 1. The van der Waals surface area contributed by atoms with Gasteiger partial charge in [0.2, 0.25) is 0 Å². The van der Waals surface area contributed by atoms with Gasteiger partial charge in [-0.2, -0.15) is 5.10 Å². The summed E-state index contributed by atoms with van der Waals surface area (Å²) in [6.07, 6.45) is 8.66. The number of aromatic hydroxyl groups is 1. The number of carbonyl (C=O) groups is 2. The van der Waals surface area contributed by atoms with Gasteiger partial charge in [-0.05, 0) is 37.1 Å². The van der Waals surface area contributed by atoms with Gasteiger partial charge in [0.1, 0.15) is 11.4 Å². The summed E-state index contributed by atoms with van der Waals surface area (Å²) in [6.45, 7) is 0. The van der Waals surface area contributed by atoms with Crippen LogP contribution in [0.4, 0.5) is 0 Å². The van der Waals surface area contributed by atoms with Crippen LogP contribution in [0.5, 0.6) is 5.75 Å². The standard InChI is InChI=1S/C19H21ClN4O3/c20-15-9-13(6-7-17(15)25)18(26)24-22-11-12-8-16(21-10-12)19(27)23-14-4-2-1-3-5-14/h6-11,14,21,25H,1-5H2,(H,23,27)(H,24,26). The molecule has 27 heavy (non-hydrogen) atoms. The molecule has 1 aromatic carbocycles. The highest BCUT2D eigenvalue weighted by atomic mass is 35.5. The molecule has 1 fully saturated rings. The third-order valence-electron chi connectivity index (χ3n) is 4.48. The first-order valence-electron chi connectivity index (χ1n) is 8.84. The highest BCUT2D eigenvalue weighted by Gasteiger charge is 2.17. The van der Waals surface area contributed by atoms with E-state index in [9.17, 15) is 14.7 Å². The van der Waals surface area contributed by atoms with Gasteiger partial charge >= 0.3 is 0 Å². The molecule has 0 bridgehead atoms. The summed E-state index contributed by atoms with van der Waals surface area (Å²) >= 11 is 5.78. The molecule has 0 saturated heterocycles. The Bertz CT molecular complexity index is 856. The second-order valence-corrected chi connectivity index (χ2v) is 6.93. The molecule has 2 amide bonds. The van der Waals surface area contributed by atoms with Crippen molar-refractivity contribution in [3.63, 3.8) is 0 Å². The molecule has 0 aliphatic heterocycles. The van der Waals surface area contributed by atoms with Crippen LogP contribution in [0, 0.1) is 0 Å². The minimum Gasteiger partial charge on any atom is -0.506 e. The van der Waals surface area contributed by atoms with Crippen LogP contribution in [0.15, 0.2) is 35.6 Å². The van der Waals surface area contributed by atoms with E-state index in [1.54, 1.807) is 12.3 Å². The number of nitrogens with one attached hydrogen (secondary N) is 3. The zero-order valence-corrected chi connectivity index (χ0v) is 15.4. The van der Waals surface area contributed by atoms with Gasteiger partial charge in [-0.15, -0.1) is 0 Å². The van der Waals surface area contributed by atoms with E-state index in [2.05, 4.69) is 20.8 Å². The Kier molecular flexibility index (Phi) is 6.13. The lowest BCUT2D eigenvalue weighted by molar-refractivity contribution is 0.0921. The van der Waals surface area contributed by atoms with E-state index >= 15 is 0 Å². The van der Waals surface area contributed by atoms with Gasteiger partial charge in [0.15, 0.2) is 0 Å². The first-order chi connectivity index (χ1) is 13.0. The van der Waals surface area contributed by atoms with E-state index in [0.29, 0.717) is 11.3 Å². The molecule has 8 heteroatoms. The van der Waals surface area contributed by atoms with E-state index in [1.807, 2.05) is 0 Å². The Morgan fingerprint density at radius 1 is 1.19 bits per heavy atom. The lowest BCUT2D eigenvalue weighted by Crippen LogP contribution is -2.36. The first-order valence-corrected chi connectivity index (χ1v) is 9.22. The number of carbonyl (C=O) groups excluding carboxylic acids is 2. The van der Waals surface area contributed by atoms with E-state index in [-0.39, 0.29) is 28.3 Å². The summed E-state index contributed by atoms with van der Waals surface area (Å²) < 4.78 is 0. The number of rotatable bonds is 5. The molecule has 1 heterocycles. The predicted molar refractivity (Wildman–Crippen MR) is 103 cm³/mol. The van der Waals surface area contributed by atoms with Gasteiger partial charge in [-0.25, -0.2) is 5.43 Å². The summed E-state index contributed by atoms with van der Waals surface area (Å²) in [7, 11) is 0. The zero-order chi connectivity index (χ0) is 19.2. The molecule has 7 nitrogen and oxygen atoms in total. The lowest BCUT2D eigenvalue weighted by Gasteiger charge is -2.22. The fourth-order valence-corrected chi connectivity index (χ4v) is 3.19. The number of benzene rings is 1. The van der Waals surface area contributed by atoms with Crippen LogP contribution in [0.3, 0.4) is 0 Å². The molecule has 1 saturated carbocycles. The Labute approximate surface area is 161 Å². The molecular formula is C19H21ClN4O3. The molecule has 0 atom stereocenters. The number of nitrogens with zero attached hydrogens (tertiary/aromatic N) is 1. The number of hydrogen-bond acceptors (Lipinski definition) is 4. The zero-order valence-electron chi connectivity index (χ0n) is 14.7. The van der Waals surface area contributed by atoms with E-state index in [1.165, 1.54) is 30.8 Å². The number of amides is 2. The summed E-state index contributed by atoms with van der Waals surface area (Å²) in [5, 5.41) is 16.4. The normalized spacial score (nSPS) is 15.0. The van der Waals surface area contributed by atoms with Crippen molar-refractivity contribution in [3.8, 4) is 5.75 Å². The minimum atomic E-state index is -0.459. The van der Waals surface area contributed by atoms with Gasteiger partial charge in [-0.1, -0.05) is 30.9 Å². The molecular weight excluding hydrogens is 368 g/mol. The fourth-order valence-electron chi connectivity index (χ4n) is 3.00. The maximum absolute atomic E-state index is 12.3. The average molecular weight is 389 g/mol. The van der Waals surface area contributed by atoms with Gasteiger partial charge < -0.3 is 15.4 Å². The molecule has 0 unspecified atom stereocenters. The number of phenols is 1. The number of halogens is 1. The van der Waals surface area contributed by atoms with Crippen molar-refractivity contribution >= 4 is 29.6 Å². The fraction of sp³-hybridized carbons (Fsp3) is 0.316. The summed E-state index contributed by atoms with van der Waals surface area (Å²) in [5.74, 6) is -0.689. The molecule has 3 rings (SSSR count). The van der Waals surface area contributed by atoms with Crippen molar-refractivity contribution in [2.75, 3.05) is 0 Å². The van der Waals surface area contributed by atoms with E-state index in [4.69, 9.17) is 11.6 Å². The molecule has 4 N–H and O–H groups in total. The minimum absolute atomic E-state index is 0.0888. The average Bonchev–Trinajstić information content (AvgIpc) is 3.14. The summed E-state index contributed by atoms with van der Waals surface area (Å²) in [5.41, 5.74) is 3.77. The van der Waals surface area contributed by atoms with Crippen LogP contribution in [-0.2, 0) is 0 Å². The molecule has 0 spiro atoms. The van der Waals surface area contributed by atoms with Gasteiger partial charge in [-0.3, -0.25) is 9.59 Å². The van der Waals surface area contributed by atoms with Crippen molar-refractivity contribution in [2.24, 2.45) is 5.10 Å². The topological polar surface area (TPSA) is 107 Å². The van der Waals surface area contributed by atoms with Gasteiger partial charge in [0.05, 0.1) is 11.2 Å². The van der Waals surface area contributed by atoms with Crippen LogP contribution in [0.2, 0.25) is 5.02 Å². The number of phenolic OH excluding ortho intramolecular Hbond substituents is 1. The third kappa shape index (κ3) is 5.10. The quantitative estimate of drug-likeness (QED) is 0.466. The number of hydrogen-bond donors (Lipinski definition) is 4. The highest BCUT2D eigenvalue weighted by Crippen LogP contribution is 2.23. The summed E-state index contributed by atoms with van der Waals surface area (Å²) in [4.78, 5) is 27.2. The Balaban J connectivity index is 1.54. The van der Waals surface area contributed by atoms with Gasteiger partial charge in [0.25, 0.3) is 11.8 Å². The number of aromatic nitrogens is 1. The van der Waals surface area contributed by atoms with E-state index in [0.717, 1.165) is 25.7 Å². The summed E-state index contributed by atoms with van der Waals surface area (Å²) in [6, 6.07) is 6.04. The Morgan fingerprint density at radius 3 is 2.70 bits per heavy atom. The maximum atomic E-state index is 12.3. The smallest absolute Gasteiger partial charge is 0.271 e. The van der Waals surface area contributed by atoms with Crippen molar-refractivity contribution in [1.82, 2.24) is 15.7 Å². The van der Waals surface area contributed by atoms with Crippen molar-refractivity contribution in [3.05, 3.63) is 52.3 Å². The number of hydrazone groups is 1. The Morgan fingerprint density at radius 2 is 1.96 bits per heavy atom. The highest BCUT2D eigenvalue weighted by molar-refractivity contribution is 6.32. The van der Waals surface area contributed by atoms with Crippen LogP contribution >= 0.6 is 11.6 Å². The van der Waals surface area contributed by atoms with E-state index < -0.39 is 5.91 Å². The Hall–Kier alpha value is -2.80. The molecule has 1 aromatic heterocycles. The van der Waals surface area contributed by atoms with Crippen molar-refractivity contribution in [2.45, 2.75) is 38.1 Å². The third-order valence-corrected chi connectivity index (χ3v) is 4.78. The monoisotopic (exact) mass is 388 g/mol. The molecule has 0 radical (unpaired) electrons. The SMILES string of the molecule is O=C(NN=Cc1c[nH]c(C(=O)NC2CCCCC2)c1)c1ccc(O)c(Cl)c1. The molecule has 142 valence electrons. The van der Waals surface area contributed by atoms with Gasteiger partial charge in [0, 0.05) is 23.4 Å². The van der Waals surface area contributed by atoms with Crippen LogP contribution in [-0.4, -0.2) is 34.2 Å².